The van der Waals surface area contributed by atoms with Crippen LogP contribution in [0, 0.1) is 0 Å². The highest BCUT2D eigenvalue weighted by atomic mass is 35.5. The molecule has 0 spiro atoms. The number of fused-ring (bicyclic) bond motifs is 1. The molecule has 0 fully saturated rings. The number of nitrogens with zero attached hydrogens (tertiary/aromatic N) is 1. The van der Waals surface area contributed by atoms with Crippen molar-refractivity contribution in [1.29, 1.82) is 0 Å². The van der Waals surface area contributed by atoms with Crippen molar-refractivity contribution in [3.05, 3.63) is 57.0 Å². The zero-order valence-corrected chi connectivity index (χ0v) is 12.2. The van der Waals surface area contributed by atoms with E-state index in [0.29, 0.717) is 0 Å². The molecule has 0 bridgehead atoms. The number of aromatic nitrogens is 1. The number of amides is 1. The number of carbonyl (C=O) groups excluding carboxylic acids is 1. The average Bonchev–Trinajstić information content (AvgIpc) is 3.06. The molecule has 0 radical (unpaired) electrons. The molecule has 1 atom stereocenters. The van der Waals surface area contributed by atoms with Gasteiger partial charge in [0.2, 0.25) is 5.91 Å². The molecular formula is C15H13ClN2OS. The van der Waals surface area contributed by atoms with Crippen molar-refractivity contribution in [3.8, 4) is 0 Å². The second kappa shape index (κ2) is 5.77. The second-order valence-corrected chi connectivity index (χ2v) is 5.84. The molecule has 0 unspecified atom stereocenters. The summed E-state index contributed by atoms with van der Waals surface area (Å²) >= 11 is 7.49. The van der Waals surface area contributed by atoms with Gasteiger partial charge in [0.15, 0.2) is 0 Å². The Balaban J connectivity index is 1.66. The maximum Gasteiger partial charge on any atom is 0.244 e. The molecule has 0 aliphatic heterocycles. The maximum absolute atomic E-state index is 11.9. The van der Waals surface area contributed by atoms with Gasteiger partial charge in [0.25, 0.3) is 0 Å². The minimum atomic E-state index is -0.0919. The van der Waals surface area contributed by atoms with E-state index in [4.69, 9.17) is 11.6 Å². The van der Waals surface area contributed by atoms with Gasteiger partial charge in [0.05, 0.1) is 17.2 Å². The number of rotatable bonds is 3. The van der Waals surface area contributed by atoms with Crippen molar-refractivity contribution >= 4 is 34.9 Å². The molecule has 1 aromatic carbocycles. The van der Waals surface area contributed by atoms with E-state index in [-0.39, 0.29) is 11.9 Å². The number of carbonyl (C=O) groups is 1. The summed E-state index contributed by atoms with van der Waals surface area (Å²) in [6.07, 6.45) is 5.13. The zero-order valence-electron chi connectivity index (χ0n) is 10.7. The highest BCUT2D eigenvalue weighted by Gasteiger charge is 2.23. The summed E-state index contributed by atoms with van der Waals surface area (Å²) in [5, 5.41) is 5.67. The van der Waals surface area contributed by atoms with Crippen molar-refractivity contribution in [1.82, 2.24) is 10.3 Å². The van der Waals surface area contributed by atoms with Crippen LogP contribution in [0.2, 0.25) is 5.02 Å². The van der Waals surface area contributed by atoms with E-state index in [1.165, 1.54) is 28.5 Å². The molecule has 1 aliphatic rings. The van der Waals surface area contributed by atoms with E-state index in [0.717, 1.165) is 23.6 Å². The Morgan fingerprint density at radius 3 is 3.20 bits per heavy atom. The van der Waals surface area contributed by atoms with Crippen LogP contribution in [0.5, 0.6) is 0 Å². The Kier molecular flexibility index (Phi) is 3.85. The van der Waals surface area contributed by atoms with Gasteiger partial charge in [0.1, 0.15) is 0 Å². The molecule has 3 nitrogen and oxygen atoms in total. The third kappa shape index (κ3) is 2.92. The lowest BCUT2D eigenvalue weighted by Crippen LogP contribution is -2.25. The van der Waals surface area contributed by atoms with Crippen LogP contribution in [-0.4, -0.2) is 10.9 Å². The largest absolute Gasteiger partial charge is 0.346 e. The van der Waals surface area contributed by atoms with E-state index < -0.39 is 0 Å². The summed E-state index contributed by atoms with van der Waals surface area (Å²) in [6, 6.07) is 5.93. The minimum absolute atomic E-state index is 0.0786. The van der Waals surface area contributed by atoms with Crippen molar-refractivity contribution in [2.75, 3.05) is 0 Å². The van der Waals surface area contributed by atoms with Crippen LogP contribution in [0.15, 0.2) is 35.2 Å². The fraction of sp³-hybridized carbons (Fsp3) is 0.200. The Morgan fingerprint density at radius 2 is 2.40 bits per heavy atom. The van der Waals surface area contributed by atoms with Gasteiger partial charge in [-0.3, -0.25) is 4.79 Å². The first-order valence-corrected chi connectivity index (χ1v) is 7.69. The second-order valence-electron chi connectivity index (χ2n) is 4.69. The summed E-state index contributed by atoms with van der Waals surface area (Å²) in [6.45, 7) is 0. The number of thiazole rings is 1. The van der Waals surface area contributed by atoms with Crippen LogP contribution in [0.1, 0.15) is 29.3 Å². The van der Waals surface area contributed by atoms with Gasteiger partial charge in [0, 0.05) is 16.5 Å². The van der Waals surface area contributed by atoms with Gasteiger partial charge in [-0.2, -0.15) is 0 Å². The number of halogens is 1. The molecular weight excluding hydrogens is 292 g/mol. The first-order chi connectivity index (χ1) is 9.72. The number of hydrogen-bond acceptors (Lipinski definition) is 3. The van der Waals surface area contributed by atoms with Gasteiger partial charge in [-0.05, 0) is 42.2 Å². The van der Waals surface area contributed by atoms with Crippen molar-refractivity contribution < 1.29 is 4.79 Å². The van der Waals surface area contributed by atoms with Crippen LogP contribution in [-0.2, 0) is 11.2 Å². The lowest BCUT2D eigenvalue weighted by Gasteiger charge is -2.12. The van der Waals surface area contributed by atoms with Gasteiger partial charge in [-0.15, -0.1) is 11.3 Å². The average molecular weight is 305 g/mol. The Bertz CT molecular complexity index is 652. The lowest BCUT2D eigenvalue weighted by molar-refractivity contribution is -0.117. The van der Waals surface area contributed by atoms with Crippen LogP contribution >= 0.6 is 22.9 Å². The molecule has 1 heterocycles. The fourth-order valence-electron chi connectivity index (χ4n) is 2.42. The van der Waals surface area contributed by atoms with E-state index in [1.54, 1.807) is 11.6 Å². The van der Waals surface area contributed by atoms with E-state index in [1.807, 2.05) is 23.6 Å². The topological polar surface area (TPSA) is 42.0 Å². The number of aryl methyl sites for hydroxylation is 1. The Hall–Kier alpha value is -1.65. The maximum atomic E-state index is 11.9. The molecule has 1 aliphatic carbocycles. The van der Waals surface area contributed by atoms with E-state index >= 15 is 0 Å². The molecule has 2 aromatic rings. The lowest BCUT2D eigenvalue weighted by atomic mass is 10.1. The third-order valence-corrected chi connectivity index (χ3v) is 4.20. The van der Waals surface area contributed by atoms with Crippen LogP contribution in [0.25, 0.3) is 6.08 Å². The van der Waals surface area contributed by atoms with E-state index in [2.05, 4.69) is 10.3 Å². The molecule has 5 heteroatoms. The van der Waals surface area contributed by atoms with Crippen molar-refractivity contribution in [3.63, 3.8) is 0 Å². The van der Waals surface area contributed by atoms with Gasteiger partial charge in [-0.25, -0.2) is 4.98 Å². The van der Waals surface area contributed by atoms with Crippen LogP contribution in [0.3, 0.4) is 0 Å². The summed E-state index contributed by atoms with van der Waals surface area (Å²) in [5.41, 5.74) is 4.95. The quantitative estimate of drug-likeness (QED) is 0.880. The van der Waals surface area contributed by atoms with Crippen LogP contribution < -0.4 is 5.32 Å². The smallest absolute Gasteiger partial charge is 0.244 e. The Morgan fingerprint density at radius 1 is 1.50 bits per heavy atom. The summed E-state index contributed by atoms with van der Waals surface area (Å²) in [5.74, 6) is -0.0919. The monoisotopic (exact) mass is 304 g/mol. The van der Waals surface area contributed by atoms with Crippen molar-refractivity contribution in [2.24, 2.45) is 0 Å². The molecule has 3 rings (SSSR count). The van der Waals surface area contributed by atoms with Gasteiger partial charge in [-0.1, -0.05) is 17.7 Å². The standard InChI is InChI=1S/C15H13ClN2OS/c16-11-2-4-13-10(7-11)1-5-14(13)18-15(19)6-3-12-8-20-9-17-12/h2-4,6-9,14H,1,5H2,(H,18,19)/b6-3-/t14-/m0/s1. The summed E-state index contributed by atoms with van der Waals surface area (Å²) < 4.78 is 0. The summed E-state index contributed by atoms with van der Waals surface area (Å²) in [7, 11) is 0. The predicted molar refractivity (Wildman–Crippen MR) is 81.8 cm³/mol. The predicted octanol–water partition coefficient (Wildman–Crippen LogP) is 3.61. The van der Waals surface area contributed by atoms with Crippen LogP contribution in [0.4, 0.5) is 0 Å². The fourth-order valence-corrected chi connectivity index (χ4v) is 3.14. The van der Waals surface area contributed by atoms with Gasteiger partial charge >= 0.3 is 0 Å². The third-order valence-electron chi connectivity index (χ3n) is 3.36. The molecule has 102 valence electrons. The molecule has 1 amide bonds. The normalized spacial score (nSPS) is 17.4. The number of benzene rings is 1. The first-order valence-electron chi connectivity index (χ1n) is 6.37. The zero-order chi connectivity index (χ0) is 13.9. The number of hydrogen-bond donors (Lipinski definition) is 1. The Labute approximate surface area is 126 Å². The first kappa shape index (κ1) is 13.3. The minimum Gasteiger partial charge on any atom is -0.346 e. The molecule has 0 saturated carbocycles. The van der Waals surface area contributed by atoms with Crippen molar-refractivity contribution in [2.45, 2.75) is 18.9 Å². The number of nitrogens with one attached hydrogen (secondary N) is 1. The summed E-state index contributed by atoms with van der Waals surface area (Å²) in [4.78, 5) is 16.0. The SMILES string of the molecule is O=C(/C=C\c1cscn1)N[C@H]1CCc2cc(Cl)ccc21. The molecule has 20 heavy (non-hydrogen) atoms. The molecule has 1 aromatic heterocycles. The highest BCUT2D eigenvalue weighted by molar-refractivity contribution is 7.07. The molecule has 1 N–H and O–H groups in total. The highest BCUT2D eigenvalue weighted by Crippen LogP contribution is 2.32. The van der Waals surface area contributed by atoms with Gasteiger partial charge < -0.3 is 5.32 Å². The molecule has 0 saturated heterocycles. The van der Waals surface area contributed by atoms with E-state index in [9.17, 15) is 4.79 Å².